The highest BCUT2D eigenvalue weighted by Crippen LogP contribution is 2.08. The Labute approximate surface area is 101 Å². The second kappa shape index (κ2) is 4.69. The molecule has 0 radical (unpaired) electrons. The molecule has 2 heterocycles. The van der Waals surface area contributed by atoms with E-state index in [0.717, 1.165) is 0 Å². The Kier molecular flexibility index (Phi) is 3.09. The van der Waals surface area contributed by atoms with Crippen LogP contribution in [-0.2, 0) is 0 Å². The minimum absolute atomic E-state index is 0.0569. The molecule has 0 saturated carbocycles. The number of H-pyrrole nitrogens is 2. The van der Waals surface area contributed by atoms with Gasteiger partial charge in [-0.1, -0.05) is 0 Å². The molecule has 0 spiro atoms. The van der Waals surface area contributed by atoms with Crippen molar-refractivity contribution in [2.45, 2.75) is 0 Å². The number of aromatic amines is 2. The first kappa shape index (κ1) is 11.2. The van der Waals surface area contributed by atoms with Crippen LogP contribution >= 0.6 is 12.2 Å². The van der Waals surface area contributed by atoms with Crippen molar-refractivity contribution >= 4 is 24.4 Å². The molecule has 0 bridgehead atoms. The third kappa shape index (κ3) is 2.63. The van der Waals surface area contributed by atoms with Gasteiger partial charge in [0, 0.05) is 6.08 Å². The van der Waals surface area contributed by atoms with E-state index in [9.17, 15) is 9.90 Å². The van der Waals surface area contributed by atoms with E-state index in [1.165, 1.54) is 12.3 Å². The lowest BCUT2D eigenvalue weighted by Gasteiger charge is -1.95. The van der Waals surface area contributed by atoms with Gasteiger partial charge in [0.25, 0.3) is 5.56 Å². The van der Waals surface area contributed by atoms with Gasteiger partial charge in [-0.3, -0.25) is 9.78 Å². The van der Waals surface area contributed by atoms with Gasteiger partial charge < -0.3 is 14.5 Å². The molecule has 2 rings (SSSR count). The minimum Gasteiger partial charge on any atom is -0.494 e. The maximum atomic E-state index is 11.4. The van der Waals surface area contributed by atoms with Crippen LogP contribution in [0.1, 0.15) is 11.3 Å². The molecule has 0 fully saturated rings. The molecule has 2 aromatic rings. The van der Waals surface area contributed by atoms with Crippen molar-refractivity contribution in [3.63, 3.8) is 0 Å². The molecule has 6 heteroatoms. The molecule has 17 heavy (non-hydrogen) atoms. The molecule has 0 unspecified atom stereocenters. The van der Waals surface area contributed by atoms with E-state index in [2.05, 4.69) is 15.7 Å². The first-order valence-electron chi connectivity index (χ1n) is 4.68. The Morgan fingerprint density at radius 1 is 1.41 bits per heavy atom. The van der Waals surface area contributed by atoms with Crippen LogP contribution in [0.2, 0.25) is 0 Å². The molecule has 86 valence electrons. The van der Waals surface area contributed by atoms with Crippen molar-refractivity contribution in [1.29, 1.82) is 0 Å². The second-order valence-corrected chi connectivity index (χ2v) is 3.55. The van der Waals surface area contributed by atoms with Gasteiger partial charge in [0.15, 0.2) is 4.77 Å². The highest BCUT2D eigenvalue weighted by molar-refractivity contribution is 7.71. The summed E-state index contributed by atoms with van der Waals surface area (Å²) in [5, 5.41) is 9.48. The molecular weight excluding hydrogens is 240 g/mol. The average Bonchev–Trinajstić information content (AvgIpc) is 2.74. The van der Waals surface area contributed by atoms with Gasteiger partial charge in [0.05, 0.1) is 6.26 Å². The molecule has 0 saturated heterocycles. The Morgan fingerprint density at radius 3 is 2.88 bits per heavy atom. The summed E-state index contributed by atoms with van der Waals surface area (Å²) in [6.45, 7) is 0. The van der Waals surface area contributed by atoms with E-state index in [1.54, 1.807) is 18.2 Å². The molecule has 0 aliphatic carbocycles. The molecule has 0 aliphatic rings. The predicted molar refractivity (Wildman–Crippen MR) is 65.1 cm³/mol. The number of hydrogen-bond donors (Lipinski definition) is 3. The summed E-state index contributed by atoms with van der Waals surface area (Å²) in [6.07, 6.45) is 4.40. The molecule has 0 amide bonds. The monoisotopic (exact) mass is 248 g/mol. The van der Waals surface area contributed by atoms with Crippen LogP contribution in [0.3, 0.4) is 0 Å². The molecule has 0 atom stereocenters. The minimum atomic E-state index is -0.480. The largest absolute Gasteiger partial charge is 0.494 e. The molecule has 0 aromatic carbocycles. The summed E-state index contributed by atoms with van der Waals surface area (Å²) in [4.78, 5) is 16.2. The van der Waals surface area contributed by atoms with Gasteiger partial charge in [-0.05, 0) is 30.4 Å². The average molecular weight is 248 g/mol. The van der Waals surface area contributed by atoms with E-state index < -0.39 is 5.56 Å². The smallest absolute Gasteiger partial charge is 0.263 e. The zero-order valence-corrected chi connectivity index (χ0v) is 9.38. The van der Waals surface area contributed by atoms with Crippen LogP contribution < -0.4 is 5.56 Å². The van der Waals surface area contributed by atoms with Gasteiger partial charge in [0.1, 0.15) is 11.3 Å². The highest BCUT2D eigenvalue weighted by Gasteiger charge is 2.02. The lowest BCUT2D eigenvalue weighted by atomic mass is 10.3. The van der Waals surface area contributed by atoms with Crippen molar-refractivity contribution in [3.8, 4) is 5.88 Å². The summed E-state index contributed by atoms with van der Waals surface area (Å²) in [5.74, 6) is 0.306. The first-order valence-corrected chi connectivity index (χ1v) is 5.09. The van der Waals surface area contributed by atoms with Gasteiger partial charge >= 0.3 is 0 Å². The van der Waals surface area contributed by atoms with Crippen molar-refractivity contribution in [1.82, 2.24) is 9.97 Å². The summed E-state index contributed by atoms with van der Waals surface area (Å²) in [6, 6.07) is 3.47. The van der Waals surface area contributed by atoms with Gasteiger partial charge in [0.2, 0.25) is 5.88 Å². The third-order valence-corrected chi connectivity index (χ3v) is 2.16. The molecule has 2 aromatic heterocycles. The topological polar surface area (TPSA) is 82.0 Å². The molecule has 5 nitrogen and oxygen atoms in total. The van der Waals surface area contributed by atoms with Crippen molar-refractivity contribution < 1.29 is 9.52 Å². The number of nitrogens with one attached hydrogen (secondary N) is 2. The van der Waals surface area contributed by atoms with E-state index in [0.29, 0.717) is 5.76 Å². The highest BCUT2D eigenvalue weighted by atomic mass is 32.1. The number of furan rings is 1. The summed E-state index contributed by atoms with van der Waals surface area (Å²) >= 11 is 4.70. The number of rotatable bonds is 2. The van der Waals surface area contributed by atoms with E-state index in [1.807, 2.05) is 0 Å². The fourth-order valence-electron chi connectivity index (χ4n) is 1.20. The Morgan fingerprint density at radius 2 is 2.24 bits per heavy atom. The third-order valence-electron chi connectivity index (χ3n) is 1.96. The van der Waals surface area contributed by atoms with E-state index in [4.69, 9.17) is 16.6 Å². The second-order valence-electron chi connectivity index (χ2n) is 3.14. The lowest BCUT2D eigenvalue weighted by molar-refractivity contribution is 0.448. The van der Waals surface area contributed by atoms with E-state index in [-0.39, 0.29) is 16.2 Å². The van der Waals surface area contributed by atoms with E-state index >= 15 is 0 Å². The van der Waals surface area contributed by atoms with Crippen LogP contribution in [-0.4, -0.2) is 15.1 Å². The number of aromatic nitrogens is 2. The van der Waals surface area contributed by atoms with Crippen LogP contribution in [0, 0.1) is 4.77 Å². The maximum absolute atomic E-state index is 11.4. The fourth-order valence-corrected chi connectivity index (χ4v) is 1.39. The Hall–Kier alpha value is -2.30. The summed E-state index contributed by atoms with van der Waals surface area (Å²) in [7, 11) is 0. The van der Waals surface area contributed by atoms with Gasteiger partial charge in [-0.25, -0.2) is 0 Å². The molecule has 3 N–H and O–H groups in total. The normalized spacial score (nSPS) is 9.65. The van der Waals surface area contributed by atoms with Crippen LogP contribution in [0.25, 0.3) is 12.2 Å². The van der Waals surface area contributed by atoms with Gasteiger partial charge in [-0.2, -0.15) is 0 Å². The first-order chi connectivity index (χ1) is 8.16. The summed E-state index contributed by atoms with van der Waals surface area (Å²) < 4.78 is 5.11. The zero-order chi connectivity index (χ0) is 12.3. The Balaban J connectivity index is 2.40. The quantitative estimate of drug-likeness (QED) is 0.561. The van der Waals surface area contributed by atoms with Crippen LogP contribution in [0.5, 0.6) is 5.88 Å². The maximum Gasteiger partial charge on any atom is 0.263 e. The number of hydrogen-bond acceptors (Lipinski definition) is 4. The molecular formula is C11H8N2O3S. The van der Waals surface area contributed by atoms with Gasteiger partial charge in [-0.15, -0.1) is 5.73 Å². The zero-order valence-electron chi connectivity index (χ0n) is 8.56. The van der Waals surface area contributed by atoms with Crippen molar-refractivity contribution in [2.75, 3.05) is 0 Å². The fraction of sp³-hybridized carbons (Fsp3) is 0. The Bertz CT molecular complexity index is 688. The standard InChI is InChI=1S/C11H8N2O3S/c14-9-8(10(15)13-11(17)12-9)5-1-3-7-4-2-6-16-7/h2-6H,(H3,12,13,14,15,17). The summed E-state index contributed by atoms with van der Waals surface area (Å²) in [5.41, 5.74) is 2.30. The predicted octanol–water partition coefficient (Wildman–Crippen LogP) is 2.06. The van der Waals surface area contributed by atoms with Crippen LogP contribution in [0.15, 0.2) is 33.3 Å². The lowest BCUT2D eigenvalue weighted by Crippen LogP contribution is -2.10. The van der Waals surface area contributed by atoms with Crippen molar-refractivity contribution in [2.24, 2.45) is 0 Å². The molecule has 0 aliphatic heterocycles. The number of aromatic hydroxyl groups is 1. The SMILES string of the molecule is O=c1[nH]c(=S)[nH]c(O)c1C=C=Cc1ccco1. The van der Waals surface area contributed by atoms with Crippen LogP contribution in [0.4, 0.5) is 0 Å². The van der Waals surface area contributed by atoms with Crippen molar-refractivity contribution in [3.05, 3.63) is 50.6 Å².